The maximum atomic E-state index is 11.8. The summed E-state index contributed by atoms with van der Waals surface area (Å²) in [6.45, 7) is 0.388. The Bertz CT molecular complexity index is 558. The zero-order valence-electron chi connectivity index (χ0n) is 11.4. The van der Waals surface area contributed by atoms with Gasteiger partial charge in [-0.3, -0.25) is 4.79 Å². The predicted octanol–water partition coefficient (Wildman–Crippen LogP) is 1.48. The highest BCUT2D eigenvalue weighted by molar-refractivity contribution is 6.33. The van der Waals surface area contributed by atoms with Crippen molar-refractivity contribution in [3.05, 3.63) is 28.8 Å². The second-order valence-corrected chi connectivity index (χ2v) is 5.64. The zero-order chi connectivity index (χ0) is 15.5. The molecule has 0 bridgehead atoms. The van der Waals surface area contributed by atoms with Crippen LogP contribution < -0.4 is 10.6 Å². The van der Waals surface area contributed by atoms with Crippen molar-refractivity contribution in [2.45, 2.75) is 24.9 Å². The Morgan fingerprint density at radius 3 is 2.62 bits per heavy atom. The highest BCUT2D eigenvalue weighted by atomic mass is 35.5. The molecule has 1 saturated carbocycles. The number of rotatable bonds is 6. The van der Waals surface area contributed by atoms with E-state index in [1.165, 1.54) is 18.2 Å². The molecule has 0 unspecified atom stereocenters. The van der Waals surface area contributed by atoms with Gasteiger partial charge in [0.05, 0.1) is 28.4 Å². The van der Waals surface area contributed by atoms with Gasteiger partial charge >= 0.3 is 5.97 Å². The van der Waals surface area contributed by atoms with Crippen LogP contribution in [-0.4, -0.2) is 40.8 Å². The largest absolute Gasteiger partial charge is 0.478 e. The fourth-order valence-electron chi connectivity index (χ4n) is 2.12. The second-order valence-electron chi connectivity index (χ2n) is 5.23. The van der Waals surface area contributed by atoms with E-state index in [1.807, 2.05) is 0 Å². The molecule has 0 heterocycles. The van der Waals surface area contributed by atoms with E-state index in [4.69, 9.17) is 16.7 Å². The Kier molecular flexibility index (Phi) is 4.82. The number of amides is 1. The number of benzene rings is 1. The van der Waals surface area contributed by atoms with Gasteiger partial charge in [-0.1, -0.05) is 11.6 Å². The minimum absolute atomic E-state index is 0.0237. The van der Waals surface area contributed by atoms with E-state index >= 15 is 0 Å². The van der Waals surface area contributed by atoms with E-state index < -0.39 is 11.6 Å². The van der Waals surface area contributed by atoms with E-state index in [0.29, 0.717) is 6.54 Å². The maximum absolute atomic E-state index is 11.8. The lowest BCUT2D eigenvalue weighted by Gasteiger charge is -2.36. The van der Waals surface area contributed by atoms with E-state index in [1.54, 1.807) is 0 Å². The number of carboxylic acid groups (broad SMARTS) is 1. The summed E-state index contributed by atoms with van der Waals surface area (Å²) < 4.78 is 0. The number of anilines is 1. The summed E-state index contributed by atoms with van der Waals surface area (Å²) in [7, 11) is 0. The first-order chi connectivity index (χ1) is 9.89. The normalized spacial score (nSPS) is 16.1. The van der Waals surface area contributed by atoms with Crippen LogP contribution in [0.5, 0.6) is 0 Å². The third kappa shape index (κ3) is 4.17. The van der Waals surface area contributed by atoms with Crippen LogP contribution in [0.4, 0.5) is 5.69 Å². The first-order valence-electron chi connectivity index (χ1n) is 6.65. The first-order valence-corrected chi connectivity index (χ1v) is 7.03. The average Bonchev–Trinajstić information content (AvgIpc) is 2.39. The lowest BCUT2D eigenvalue weighted by Crippen LogP contribution is -2.47. The molecule has 21 heavy (non-hydrogen) atoms. The first kappa shape index (κ1) is 15.8. The summed E-state index contributed by atoms with van der Waals surface area (Å²) in [6, 6.07) is 4.10. The molecule has 6 nitrogen and oxygen atoms in total. The number of carbonyl (C=O) groups is 2. The number of carbonyl (C=O) groups excluding carboxylic acids is 1. The number of aliphatic hydroxyl groups is 1. The van der Waals surface area contributed by atoms with Crippen molar-refractivity contribution in [2.75, 3.05) is 18.4 Å². The summed E-state index contributed by atoms with van der Waals surface area (Å²) in [5, 5.41) is 24.5. The molecule has 1 fully saturated rings. The maximum Gasteiger partial charge on any atom is 0.335 e. The van der Waals surface area contributed by atoms with Gasteiger partial charge in [0.2, 0.25) is 5.91 Å². The standard InChI is InChI=1S/C14H17ClN2O4/c15-10-3-2-9(13(19)20)6-11(10)17-12(18)7-16-8-14(21)4-1-5-14/h2-3,6,16,21H,1,4-5,7-8H2,(H,17,18)(H,19,20). The molecule has 1 amide bonds. The van der Waals surface area contributed by atoms with Crippen molar-refractivity contribution in [3.63, 3.8) is 0 Å². The molecule has 0 radical (unpaired) electrons. The van der Waals surface area contributed by atoms with Crippen LogP contribution >= 0.6 is 11.6 Å². The van der Waals surface area contributed by atoms with Crippen LogP contribution in [0.1, 0.15) is 29.6 Å². The van der Waals surface area contributed by atoms with Gasteiger partial charge in [-0.25, -0.2) is 4.79 Å². The van der Waals surface area contributed by atoms with Crippen molar-refractivity contribution in [1.29, 1.82) is 0 Å². The van der Waals surface area contributed by atoms with Crippen molar-refractivity contribution < 1.29 is 19.8 Å². The molecule has 1 aromatic carbocycles. The van der Waals surface area contributed by atoms with E-state index in [-0.39, 0.29) is 28.7 Å². The van der Waals surface area contributed by atoms with Gasteiger partial charge in [0, 0.05) is 6.54 Å². The molecule has 0 spiro atoms. The molecule has 7 heteroatoms. The van der Waals surface area contributed by atoms with Gasteiger partial charge in [-0.15, -0.1) is 0 Å². The van der Waals surface area contributed by atoms with Crippen LogP contribution in [0.25, 0.3) is 0 Å². The smallest absolute Gasteiger partial charge is 0.335 e. The van der Waals surface area contributed by atoms with E-state index in [0.717, 1.165) is 19.3 Å². The predicted molar refractivity (Wildman–Crippen MR) is 78.7 cm³/mol. The Hall–Kier alpha value is -1.63. The van der Waals surface area contributed by atoms with Crippen molar-refractivity contribution in [1.82, 2.24) is 5.32 Å². The molecule has 1 aliphatic rings. The van der Waals surface area contributed by atoms with Gasteiger partial charge in [0.1, 0.15) is 0 Å². The lowest BCUT2D eigenvalue weighted by atomic mass is 9.80. The monoisotopic (exact) mass is 312 g/mol. The molecule has 0 aromatic heterocycles. The van der Waals surface area contributed by atoms with Crippen LogP contribution in [-0.2, 0) is 4.79 Å². The van der Waals surface area contributed by atoms with Gasteiger partial charge in [-0.05, 0) is 37.5 Å². The van der Waals surface area contributed by atoms with Crippen LogP contribution in [0.3, 0.4) is 0 Å². The summed E-state index contributed by atoms with van der Waals surface area (Å²) in [5.41, 5.74) is -0.390. The SMILES string of the molecule is O=C(CNCC1(O)CCC1)Nc1cc(C(=O)O)ccc1Cl. The number of carboxylic acids is 1. The van der Waals surface area contributed by atoms with Gasteiger partial charge < -0.3 is 20.8 Å². The molecule has 0 aliphatic heterocycles. The minimum atomic E-state index is -1.09. The molecule has 1 aliphatic carbocycles. The van der Waals surface area contributed by atoms with Crippen LogP contribution in [0, 0.1) is 0 Å². The second kappa shape index (κ2) is 6.43. The Morgan fingerprint density at radius 1 is 1.33 bits per heavy atom. The number of halogens is 1. The van der Waals surface area contributed by atoms with Crippen LogP contribution in [0.2, 0.25) is 5.02 Å². The van der Waals surface area contributed by atoms with Crippen molar-refractivity contribution in [3.8, 4) is 0 Å². The Labute approximate surface area is 127 Å². The van der Waals surface area contributed by atoms with E-state index in [2.05, 4.69) is 10.6 Å². The molecular formula is C14H17ClN2O4. The Morgan fingerprint density at radius 2 is 2.05 bits per heavy atom. The van der Waals surface area contributed by atoms with Gasteiger partial charge in [-0.2, -0.15) is 0 Å². The van der Waals surface area contributed by atoms with Crippen LogP contribution in [0.15, 0.2) is 18.2 Å². The molecule has 0 saturated heterocycles. The summed E-state index contributed by atoms with van der Waals surface area (Å²) in [5.74, 6) is -1.44. The summed E-state index contributed by atoms with van der Waals surface area (Å²) in [6.07, 6.45) is 2.49. The number of aromatic carboxylic acids is 1. The number of nitrogens with one attached hydrogen (secondary N) is 2. The van der Waals surface area contributed by atoms with Gasteiger partial charge in [0.25, 0.3) is 0 Å². The summed E-state index contributed by atoms with van der Waals surface area (Å²) >= 11 is 5.92. The fourth-order valence-corrected chi connectivity index (χ4v) is 2.28. The molecule has 4 N–H and O–H groups in total. The minimum Gasteiger partial charge on any atom is -0.478 e. The molecule has 2 rings (SSSR count). The quantitative estimate of drug-likeness (QED) is 0.638. The van der Waals surface area contributed by atoms with Gasteiger partial charge in [0.15, 0.2) is 0 Å². The lowest BCUT2D eigenvalue weighted by molar-refractivity contribution is -0.115. The molecule has 1 aromatic rings. The average molecular weight is 313 g/mol. The van der Waals surface area contributed by atoms with E-state index in [9.17, 15) is 14.7 Å². The summed E-state index contributed by atoms with van der Waals surface area (Å²) in [4.78, 5) is 22.7. The number of hydrogen-bond acceptors (Lipinski definition) is 4. The third-order valence-electron chi connectivity index (χ3n) is 3.51. The Balaban J connectivity index is 1.87. The molecular weight excluding hydrogens is 296 g/mol. The topological polar surface area (TPSA) is 98.7 Å². The molecule has 114 valence electrons. The fraction of sp³-hybridized carbons (Fsp3) is 0.429. The highest BCUT2D eigenvalue weighted by Crippen LogP contribution is 2.30. The third-order valence-corrected chi connectivity index (χ3v) is 3.84. The van der Waals surface area contributed by atoms with Crippen molar-refractivity contribution >= 4 is 29.2 Å². The van der Waals surface area contributed by atoms with Crippen molar-refractivity contribution in [2.24, 2.45) is 0 Å². The molecule has 0 atom stereocenters. The highest BCUT2D eigenvalue weighted by Gasteiger charge is 2.33. The number of hydrogen-bond donors (Lipinski definition) is 4. The zero-order valence-corrected chi connectivity index (χ0v) is 12.1.